The molecule has 76 valence electrons. The zero-order valence-electron chi connectivity index (χ0n) is 8.23. The molecule has 4 nitrogen and oxygen atoms in total. The molecule has 1 heterocycles. The number of hydrogen-bond acceptors (Lipinski definition) is 2. The van der Waals surface area contributed by atoms with Crippen LogP contribution in [0.25, 0.3) is 10.9 Å². The molecule has 0 spiro atoms. The Hall–Kier alpha value is -2.10. The Bertz CT molecular complexity index is 507. The van der Waals surface area contributed by atoms with Gasteiger partial charge in [0.25, 0.3) is 0 Å². The Labute approximate surface area is 86.3 Å². The summed E-state index contributed by atoms with van der Waals surface area (Å²) in [4.78, 5) is 22.5. The molecule has 0 aliphatic rings. The van der Waals surface area contributed by atoms with Crippen molar-refractivity contribution >= 4 is 22.7 Å². The minimum Gasteiger partial charge on any atom is -0.351 e. The quantitative estimate of drug-likeness (QED) is 0.716. The number of nitrogens with zero attached hydrogens (tertiary/aromatic N) is 1. The van der Waals surface area contributed by atoms with Crippen molar-refractivity contribution in [2.45, 2.75) is 6.92 Å². The molecule has 0 atom stereocenters. The first-order valence-corrected chi connectivity index (χ1v) is 4.52. The van der Waals surface area contributed by atoms with Crippen molar-refractivity contribution in [3.63, 3.8) is 0 Å². The number of para-hydroxylation sites is 1. The second kappa shape index (κ2) is 3.24. The first kappa shape index (κ1) is 9.45. The Morgan fingerprint density at radius 2 is 1.93 bits per heavy atom. The van der Waals surface area contributed by atoms with Crippen LogP contribution in [-0.2, 0) is 0 Å². The number of nitrogens with two attached hydrogens (primary N) is 1. The fraction of sp³-hybridized carbons (Fsp3) is 0.0909. The predicted molar refractivity (Wildman–Crippen MR) is 56.9 cm³/mol. The van der Waals surface area contributed by atoms with E-state index >= 15 is 0 Å². The van der Waals surface area contributed by atoms with Gasteiger partial charge in [-0.1, -0.05) is 18.2 Å². The summed E-state index contributed by atoms with van der Waals surface area (Å²) in [7, 11) is 0. The zero-order valence-corrected chi connectivity index (χ0v) is 8.23. The summed E-state index contributed by atoms with van der Waals surface area (Å²) in [6, 6.07) is 6.59. The van der Waals surface area contributed by atoms with Crippen molar-refractivity contribution in [3.05, 3.63) is 36.0 Å². The number of benzene rings is 1. The van der Waals surface area contributed by atoms with Crippen LogP contribution in [0.4, 0.5) is 4.79 Å². The monoisotopic (exact) mass is 202 g/mol. The predicted octanol–water partition coefficient (Wildman–Crippen LogP) is 1.77. The smallest absolute Gasteiger partial charge is 0.323 e. The first-order chi connectivity index (χ1) is 7.11. The number of fused-ring (bicyclic) bond motifs is 1. The number of aromatic nitrogens is 1. The summed E-state index contributed by atoms with van der Waals surface area (Å²) in [5.41, 5.74) is 6.39. The summed E-state index contributed by atoms with van der Waals surface area (Å²) in [6.07, 6.45) is 1.48. The van der Waals surface area contributed by atoms with Gasteiger partial charge < -0.3 is 5.73 Å². The van der Waals surface area contributed by atoms with E-state index in [1.807, 2.05) is 6.07 Å². The summed E-state index contributed by atoms with van der Waals surface area (Å²) < 4.78 is 1.28. The van der Waals surface area contributed by atoms with Crippen LogP contribution in [0.5, 0.6) is 0 Å². The van der Waals surface area contributed by atoms with Crippen LogP contribution >= 0.6 is 0 Å². The third-order valence-electron chi connectivity index (χ3n) is 2.33. The second-order valence-electron chi connectivity index (χ2n) is 3.32. The highest BCUT2D eigenvalue weighted by atomic mass is 16.2. The van der Waals surface area contributed by atoms with Crippen molar-refractivity contribution in [2.75, 3.05) is 0 Å². The van der Waals surface area contributed by atoms with E-state index < -0.39 is 6.03 Å². The molecular weight excluding hydrogens is 192 g/mol. The van der Waals surface area contributed by atoms with Gasteiger partial charge in [-0.05, 0) is 13.0 Å². The lowest BCUT2D eigenvalue weighted by atomic mass is 10.1. The molecule has 2 N–H and O–H groups in total. The molecule has 0 aliphatic carbocycles. The maximum Gasteiger partial charge on any atom is 0.323 e. The molecule has 1 aromatic heterocycles. The van der Waals surface area contributed by atoms with Gasteiger partial charge in [0.1, 0.15) is 0 Å². The molecule has 2 aromatic rings. The largest absolute Gasteiger partial charge is 0.351 e. The lowest BCUT2D eigenvalue weighted by Crippen LogP contribution is -2.18. The normalized spacial score (nSPS) is 10.5. The molecule has 2 rings (SSSR count). The number of amides is 1. The van der Waals surface area contributed by atoms with Crippen molar-refractivity contribution < 1.29 is 9.59 Å². The Balaban J connectivity index is 2.85. The molecular formula is C11H10N2O2. The second-order valence-corrected chi connectivity index (χ2v) is 3.32. The Kier molecular flexibility index (Phi) is 2.04. The number of rotatable bonds is 1. The Morgan fingerprint density at radius 3 is 2.53 bits per heavy atom. The number of carbonyl (C=O) groups is 2. The van der Waals surface area contributed by atoms with Crippen molar-refractivity contribution in [1.29, 1.82) is 0 Å². The summed E-state index contributed by atoms with van der Waals surface area (Å²) >= 11 is 0. The molecule has 4 heteroatoms. The minimum absolute atomic E-state index is 0.0776. The molecule has 15 heavy (non-hydrogen) atoms. The Morgan fingerprint density at radius 1 is 1.27 bits per heavy atom. The molecule has 0 saturated heterocycles. The number of ketones is 1. The van der Waals surface area contributed by atoms with Crippen LogP contribution in [-0.4, -0.2) is 16.4 Å². The fourth-order valence-corrected chi connectivity index (χ4v) is 1.64. The van der Waals surface area contributed by atoms with E-state index in [9.17, 15) is 9.59 Å². The van der Waals surface area contributed by atoms with Crippen LogP contribution in [0.2, 0.25) is 0 Å². The van der Waals surface area contributed by atoms with Gasteiger partial charge >= 0.3 is 6.03 Å². The van der Waals surface area contributed by atoms with Gasteiger partial charge in [0, 0.05) is 17.1 Å². The molecule has 0 aliphatic heterocycles. The number of hydrogen-bond donors (Lipinski definition) is 1. The molecule has 0 radical (unpaired) electrons. The van der Waals surface area contributed by atoms with E-state index in [2.05, 4.69) is 0 Å². The van der Waals surface area contributed by atoms with Crippen LogP contribution in [0, 0.1) is 0 Å². The van der Waals surface area contributed by atoms with Crippen LogP contribution in [0.3, 0.4) is 0 Å². The lowest BCUT2D eigenvalue weighted by Gasteiger charge is -1.96. The lowest BCUT2D eigenvalue weighted by molar-refractivity contribution is 0.101. The van der Waals surface area contributed by atoms with Crippen LogP contribution < -0.4 is 5.73 Å². The van der Waals surface area contributed by atoms with E-state index in [0.717, 1.165) is 5.39 Å². The third-order valence-corrected chi connectivity index (χ3v) is 2.33. The average Bonchev–Trinajstić information content (AvgIpc) is 2.56. The van der Waals surface area contributed by atoms with Crippen molar-refractivity contribution in [2.24, 2.45) is 5.73 Å². The highest BCUT2D eigenvalue weighted by molar-refractivity contribution is 6.09. The standard InChI is InChI=1S/C11H10N2O2/c1-7(14)9-6-13(11(12)15)10-5-3-2-4-8(9)10/h2-6H,1H3,(H2,12,15). The van der Waals surface area contributed by atoms with E-state index in [1.54, 1.807) is 18.2 Å². The van der Waals surface area contributed by atoms with Gasteiger partial charge in [0.2, 0.25) is 0 Å². The minimum atomic E-state index is -0.585. The number of Topliss-reactive ketones (excluding diaryl/α,β-unsaturated/α-hetero) is 1. The highest BCUT2D eigenvalue weighted by Crippen LogP contribution is 2.21. The third kappa shape index (κ3) is 1.40. The maximum atomic E-state index is 11.3. The number of primary amides is 1. The molecule has 0 unspecified atom stereocenters. The van der Waals surface area contributed by atoms with E-state index in [1.165, 1.54) is 17.7 Å². The summed E-state index contributed by atoms with van der Waals surface area (Å²) in [5.74, 6) is -0.0776. The van der Waals surface area contributed by atoms with Crippen LogP contribution in [0.15, 0.2) is 30.5 Å². The molecule has 0 bridgehead atoms. The van der Waals surface area contributed by atoms with Gasteiger partial charge in [-0.15, -0.1) is 0 Å². The fourth-order valence-electron chi connectivity index (χ4n) is 1.64. The molecule has 0 fully saturated rings. The van der Waals surface area contributed by atoms with E-state index in [-0.39, 0.29) is 5.78 Å². The van der Waals surface area contributed by atoms with Gasteiger partial charge in [-0.2, -0.15) is 0 Å². The molecule has 1 amide bonds. The zero-order chi connectivity index (χ0) is 11.0. The van der Waals surface area contributed by atoms with Gasteiger partial charge in [0.15, 0.2) is 5.78 Å². The van der Waals surface area contributed by atoms with Crippen molar-refractivity contribution in [3.8, 4) is 0 Å². The van der Waals surface area contributed by atoms with Crippen molar-refractivity contribution in [1.82, 2.24) is 4.57 Å². The molecule has 1 aromatic carbocycles. The van der Waals surface area contributed by atoms with Crippen LogP contribution in [0.1, 0.15) is 17.3 Å². The van der Waals surface area contributed by atoms with E-state index in [0.29, 0.717) is 11.1 Å². The first-order valence-electron chi connectivity index (χ1n) is 4.52. The SMILES string of the molecule is CC(=O)c1cn(C(N)=O)c2ccccc12. The van der Waals surface area contributed by atoms with Gasteiger partial charge in [-0.3, -0.25) is 9.36 Å². The molecule has 0 saturated carbocycles. The van der Waals surface area contributed by atoms with Gasteiger partial charge in [0.05, 0.1) is 5.52 Å². The topological polar surface area (TPSA) is 65.1 Å². The number of carbonyl (C=O) groups excluding carboxylic acids is 2. The van der Waals surface area contributed by atoms with E-state index in [4.69, 9.17) is 5.73 Å². The summed E-state index contributed by atoms with van der Waals surface area (Å²) in [5, 5.41) is 0.754. The maximum absolute atomic E-state index is 11.3. The van der Waals surface area contributed by atoms with Gasteiger partial charge in [-0.25, -0.2) is 4.79 Å². The average molecular weight is 202 g/mol. The highest BCUT2D eigenvalue weighted by Gasteiger charge is 2.13. The summed E-state index contributed by atoms with van der Waals surface area (Å²) in [6.45, 7) is 1.47.